The fraction of sp³-hybridized carbons (Fsp3) is 0.286. The monoisotopic (exact) mass is 402 g/mol. The van der Waals surface area contributed by atoms with Crippen LogP contribution in [0.15, 0.2) is 59.6 Å². The van der Waals surface area contributed by atoms with Gasteiger partial charge in [-0.2, -0.15) is 0 Å². The second-order valence-corrected chi connectivity index (χ2v) is 8.55. The number of hydrogen-bond acceptors (Lipinski definition) is 3. The van der Waals surface area contributed by atoms with E-state index in [2.05, 4.69) is 0 Å². The molecule has 0 atom stereocenters. The Kier molecular flexibility index (Phi) is 5.84. The zero-order valence-corrected chi connectivity index (χ0v) is 16.7. The minimum absolute atomic E-state index is 0.0618. The molecule has 7 heteroatoms. The summed E-state index contributed by atoms with van der Waals surface area (Å²) >= 11 is 0. The maximum absolute atomic E-state index is 13.1. The number of carbonyl (C=O) groups is 1. The van der Waals surface area contributed by atoms with E-state index < -0.39 is 15.7 Å². The van der Waals surface area contributed by atoms with E-state index in [0.717, 1.165) is 0 Å². The highest BCUT2D eigenvalue weighted by atomic mass is 32.2. The molecule has 0 unspecified atom stereocenters. The van der Waals surface area contributed by atoms with E-state index in [9.17, 15) is 17.6 Å². The topological polar surface area (TPSA) is 59.4 Å². The molecule has 2 aromatic carbocycles. The van der Waals surface area contributed by atoms with Crippen molar-refractivity contribution in [1.82, 2.24) is 9.47 Å². The van der Waals surface area contributed by atoms with Gasteiger partial charge in [0, 0.05) is 30.2 Å². The number of hydrogen-bond donors (Lipinski definition) is 0. The first-order valence-electron chi connectivity index (χ1n) is 9.18. The number of rotatable bonds is 7. The van der Waals surface area contributed by atoms with Crippen molar-refractivity contribution < 1.29 is 17.6 Å². The second kappa shape index (κ2) is 8.14. The first-order valence-corrected chi connectivity index (χ1v) is 10.8. The summed E-state index contributed by atoms with van der Waals surface area (Å²) in [5.41, 5.74) is 1.21. The van der Waals surface area contributed by atoms with Crippen LogP contribution in [-0.4, -0.2) is 36.9 Å². The van der Waals surface area contributed by atoms with E-state index in [1.165, 1.54) is 30.5 Å². The van der Waals surface area contributed by atoms with Crippen molar-refractivity contribution in [3.8, 4) is 0 Å². The Hall–Kier alpha value is -2.67. The highest BCUT2D eigenvalue weighted by molar-refractivity contribution is 7.90. The second-order valence-electron chi connectivity index (χ2n) is 6.59. The lowest BCUT2D eigenvalue weighted by Gasteiger charge is -2.19. The highest BCUT2D eigenvalue weighted by Crippen LogP contribution is 2.28. The molecule has 148 valence electrons. The molecular weight excluding hydrogens is 379 g/mol. The van der Waals surface area contributed by atoms with Crippen LogP contribution in [0.4, 0.5) is 4.39 Å². The molecule has 5 nitrogen and oxygen atoms in total. The van der Waals surface area contributed by atoms with Crippen molar-refractivity contribution in [2.75, 3.05) is 13.1 Å². The number of fused-ring (bicyclic) bond motifs is 1. The van der Waals surface area contributed by atoms with Crippen LogP contribution in [-0.2, 0) is 26.9 Å². The molecule has 1 heterocycles. The zero-order chi connectivity index (χ0) is 20.3. The molecular formula is C21H23FN2O3S. The lowest BCUT2D eigenvalue weighted by Crippen LogP contribution is -2.33. The lowest BCUT2D eigenvalue weighted by molar-refractivity contribution is -0.131. The van der Waals surface area contributed by atoms with Crippen LogP contribution < -0.4 is 0 Å². The Morgan fingerprint density at radius 2 is 1.68 bits per heavy atom. The van der Waals surface area contributed by atoms with Crippen molar-refractivity contribution in [1.29, 1.82) is 0 Å². The number of nitrogens with zero attached hydrogens (tertiary/aromatic N) is 2. The van der Waals surface area contributed by atoms with Crippen LogP contribution in [0.5, 0.6) is 0 Å². The van der Waals surface area contributed by atoms with Crippen molar-refractivity contribution in [3.63, 3.8) is 0 Å². The normalized spacial score (nSPS) is 11.7. The van der Waals surface area contributed by atoms with E-state index in [-0.39, 0.29) is 23.1 Å². The summed E-state index contributed by atoms with van der Waals surface area (Å²) in [7, 11) is -3.67. The van der Waals surface area contributed by atoms with Crippen molar-refractivity contribution in [3.05, 3.63) is 66.1 Å². The molecule has 0 aliphatic carbocycles. The van der Waals surface area contributed by atoms with E-state index in [1.54, 1.807) is 21.6 Å². The number of sulfone groups is 1. The third-order valence-electron chi connectivity index (χ3n) is 4.78. The molecule has 0 saturated carbocycles. The fourth-order valence-electron chi connectivity index (χ4n) is 3.29. The fourth-order valence-corrected chi connectivity index (χ4v) is 4.87. The highest BCUT2D eigenvalue weighted by Gasteiger charge is 2.23. The van der Waals surface area contributed by atoms with Crippen molar-refractivity contribution >= 4 is 26.6 Å². The molecule has 0 bridgehead atoms. The van der Waals surface area contributed by atoms with Crippen LogP contribution in [0.2, 0.25) is 0 Å². The summed E-state index contributed by atoms with van der Waals surface area (Å²) in [6, 6.07) is 12.6. The molecule has 28 heavy (non-hydrogen) atoms. The number of aromatic nitrogens is 1. The quantitative estimate of drug-likeness (QED) is 0.606. The SMILES string of the molecule is CCN(CC)C(=O)Cn1cc(S(=O)(=O)Cc2ccc(F)cc2)c2ccccc21. The van der Waals surface area contributed by atoms with Gasteiger partial charge >= 0.3 is 0 Å². The molecule has 3 aromatic rings. The molecule has 0 N–H and O–H groups in total. The van der Waals surface area contributed by atoms with Crippen molar-refractivity contribution in [2.45, 2.75) is 31.0 Å². The Labute approximate surface area is 164 Å². The molecule has 0 aliphatic rings. The Morgan fingerprint density at radius 3 is 2.32 bits per heavy atom. The summed E-state index contributed by atoms with van der Waals surface area (Å²) in [4.78, 5) is 14.4. The maximum Gasteiger partial charge on any atom is 0.242 e. The standard InChI is InChI=1S/C21H23FN2O3S/c1-3-23(4-2)21(25)14-24-13-20(18-7-5-6-8-19(18)24)28(26,27)15-16-9-11-17(22)12-10-16/h5-13H,3-4,14-15H2,1-2H3. The number of benzene rings is 2. The van der Waals surface area contributed by atoms with E-state index in [4.69, 9.17) is 0 Å². The molecule has 0 fully saturated rings. The lowest BCUT2D eigenvalue weighted by atomic mass is 10.2. The molecule has 1 aromatic heterocycles. The minimum atomic E-state index is -3.67. The third-order valence-corrected chi connectivity index (χ3v) is 6.49. The molecule has 0 radical (unpaired) electrons. The van der Waals surface area contributed by atoms with Crippen LogP contribution in [0.3, 0.4) is 0 Å². The summed E-state index contributed by atoms with van der Waals surface area (Å²) in [6.07, 6.45) is 1.53. The van der Waals surface area contributed by atoms with Crippen LogP contribution in [0.25, 0.3) is 10.9 Å². The molecule has 1 amide bonds. The van der Waals surface area contributed by atoms with Gasteiger partial charge in [0.2, 0.25) is 5.91 Å². The van der Waals surface area contributed by atoms with Gasteiger partial charge in [0.15, 0.2) is 9.84 Å². The maximum atomic E-state index is 13.1. The summed E-state index contributed by atoms with van der Waals surface area (Å²) in [5.74, 6) is -0.702. The predicted octanol–water partition coefficient (Wildman–Crippen LogP) is 3.62. The summed E-state index contributed by atoms with van der Waals surface area (Å²) < 4.78 is 40.9. The largest absolute Gasteiger partial charge is 0.342 e. The first-order chi connectivity index (χ1) is 13.4. The predicted molar refractivity (Wildman–Crippen MR) is 107 cm³/mol. The first kappa shape index (κ1) is 20.1. The smallest absolute Gasteiger partial charge is 0.242 e. The van der Waals surface area contributed by atoms with Gasteiger partial charge < -0.3 is 9.47 Å². The molecule has 0 spiro atoms. The van der Waals surface area contributed by atoms with Gasteiger partial charge in [0.25, 0.3) is 0 Å². The van der Waals surface area contributed by atoms with Gasteiger partial charge in [0.05, 0.1) is 10.6 Å². The van der Waals surface area contributed by atoms with E-state index >= 15 is 0 Å². The summed E-state index contributed by atoms with van der Waals surface area (Å²) in [5, 5.41) is 0.581. The molecule has 0 aliphatic heterocycles. The Bertz CT molecular complexity index is 1080. The number of amides is 1. The van der Waals surface area contributed by atoms with Crippen LogP contribution in [0, 0.1) is 5.82 Å². The minimum Gasteiger partial charge on any atom is -0.342 e. The Morgan fingerprint density at radius 1 is 1.04 bits per heavy atom. The van der Waals surface area contributed by atoms with Crippen LogP contribution in [0.1, 0.15) is 19.4 Å². The van der Waals surface area contributed by atoms with Gasteiger partial charge in [-0.05, 0) is 37.6 Å². The molecule has 0 saturated heterocycles. The average molecular weight is 402 g/mol. The number of carbonyl (C=O) groups excluding carboxylic acids is 1. The van der Waals surface area contributed by atoms with Crippen LogP contribution >= 0.6 is 0 Å². The third kappa shape index (κ3) is 4.09. The molecule has 3 rings (SSSR count). The van der Waals surface area contributed by atoms with Gasteiger partial charge in [-0.15, -0.1) is 0 Å². The number of para-hydroxylation sites is 1. The van der Waals surface area contributed by atoms with Gasteiger partial charge in [-0.1, -0.05) is 30.3 Å². The van der Waals surface area contributed by atoms with Gasteiger partial charge in [-0.25, -0.2) is 12.8 Å². The van der Waals surface area contributed by atoms with E-state index in [0.29, 0.717) is 29.6 Å². The Balaban J connectivity index is 1.99. The number of halogens is 1. The van der Waals surface area contributed by atoms with E-state index in [1.807, 2.05) is 26.0 Å². The van der Waals surface area contributed by atoms with Gasteiger partial charge in [0.1, 0.15) is 12.4 Å². The zero-order valence-electron chi connectivity index (χ0n) is 15.9. The number of likely N-dealkylation sites (N-methyl/N-ethyl adjacent to an activating group) is 1. The average Bonchev–Trinajstić information content (AvgIpc) is 3.04. The van der Waals surface area contributed by atoms with Gasteiger partial charge in [-0.3, -0.25) is 4.79 Å². The summed E-state index contributed by atoms with van der Waals surface area (Å²) in [6.45, 7) is 5.10. The van der Waals surface area contributed by atoms with Crippen molar-refractivity contribution in [2.24, 2.45) is 0 Å².